The van der Waals surface area contributed by atoms with Gasteiger partial charge in [0.15, 0.2) is 5.96 Å². The Hall–Kier alpha value is -0.770. The van der Waals surface area contributed by atoms with Crippen LogP contribution in [0.3, 0.4) is 0 Å². The topological polar surface area (TPSA) is 39.7 Å². The molecule has 116 valence electrons. The van der Waals surface area contributed by atoms with E-state index in [0.29, 0.717) is 6.04 Å². The molecule has 2 aliphatic carbocycles. The van der Waals surface area contributed by atoms with Gasteiger partial charge >= 0.3 is 0 Å². The summed E-state index contributed by atoms with van der Waals surface area (Å²) in [7, 11) is 2.25. The van der Waals surface area contributed by atoms with Crippen LogP contribution in [0.2, 0.25) is 0 Å². The maximum atomic E-state index is 4.74. The van der Waals surface area contributed by atoms with Crippen LogP contribution >= 0.6 is 0 Å². The lowest BCUT2D eigenvalue weighted by Gasteiger charge is -2.23. The van der Waals surface area contributed by atoms with Crippen molar-refractivity contribution >= 4 is 5.96 Å². The minimum absolute atomic E-state index is 0.639. The number of likely N-dealkylation sites (N-methyl/N-ethyl adjacent to an activating group) is 1. The first-order chi connectivity index (χ1) is 9.79. The largest absolute Gasteiger partial charge is 0.357 e. The van der Waals surface area contributed by atoms with E-state index in [9.17, 15) is 0 Å². The summed E-state index contributed by atoms with van der Waals surface area (Å²) in [6.07, 6.45) is 10.9. The Morgan fingerprint density at radius 2 is 1.75 bits per heavy atom. The Bertz CT molecular complexity index is 291. The smallest absolute Gasteiger partial charge is 0.191 e. The fourth-order valence-corrected chi connectivity index (χ4v) is 3.43. The first kappa shape index (κ1) is 15.6. The van der Waals surface area contributed by atoms with E-state index in [2.05, 4.69) is 29.5 Å². The highest BCUT2D eigenvalue weighted by Crippen LogP contribution is 2.22. The molecule has 0 aromatic carbocycles. The van der Waals surface area contributed by atoms with Gasteiger partial charge in [-0.1, -0.05) is 25.7 Å². The highest BCUT2D eigenvalue weighted by atomic mass is 15.2. The van der Waals surface area contributed by atoms with E-state index in [-0.39, 0.29) is 0 Å². The van der Waals surface area contributed by atoms with Crippen LogP contribution in [0.1, 0.15) is 58.3 Å². The van der Waals surface area contributed by atoms with E-state index < -0.39 is 0 Å². The molecule has 2 N–H and O–H groups in total. The standard InChI is InChI=1S/C16H32N4/c1-3-17-16(19-14-8-4-5-9-14)18-12-13-20(2)15-10-6-7-11-15/h14-15H,3-13H2,1-2H3,(H2,17,18,19). The minimum atomic E-state index is 0.639. The van der Waals surface area contributed by atoms with Crippen LogP contribution in [0.5, 0.6) is 0 Å². The van der Waals surface area contributed by atoms with Gasteiger partial charge in [-0.25, -0.2) is 0 Å². The van der Waals surface area contributed by atoms with Gasteiger partial charge in [0, 0.05) is 25.2 Å². The van der Waals surface area contributed by atoms with Crippen LogP contribution in [-0.4, -0.2) is 49.6 Å². The third kappa shape index (κ3) is 4.97. The second-order valence-electron chi connectivity index (χ2n) is 6.31. The van der Waals surface area contributed by atoms with Crippen LogP contribution in [-0.2, 0) is 0 Å². The molecule has 0 heterocycles. The molecule has 0 spiro atoms. The normalized spacial score (nSPS) is 21.9. The second kappa shape index (κ2) is 8.50. The fourth-order valence-electron chi connectivity index (χ4n) is 3.43. The predicted octanol–water partition coefficient (Wildman–Crippen LogP) is 2.36. The van der Waals surface area contributed by atoms with Crippen LogP contribution in [0.15, 0.2) is 4.99 Å². The monoisotopic (exact) mass is 280 g/mol. The number of guanidine groups is 1. The van der Waals surface area contributed by atoms with Crippen molar-refractivity contribution in [3.63, 3.8) is 0 Å². The Labute approximate surface area is 124 Å². The van der Waals surface area contributed by atoms with Crippen molar-refractivity contribution in [2.75, 3.05) is 26.7 Å². The number of nitrogens with one attached hydrogen (secondary N) is 2. The molecule has 4 nitrogen and oxygen atoms in total. The van der Waals surface area contributed by atoms with E-state index in [1.807, 2.05) is 0 Å². The molecule has 0 aliphatic heterocycles. The summed E-state index contributed by atoms with van der Waals surface area (Å²) >= 11 is 0. The van der Waals surface area contributed by atoms with Gasteiger partial charge in [0.05, 0.1) is 6.54 Å². The first-order valence-corrected chi connectivity index (χ1v) is 8.54. The van der Waals surface area contributed by atoms with E-state index in [1.165, 1.54) is 51.4 Å². The van der Waals surface area contributed by atoms with Crippen molar-refractivity contribution < 1.29 is 0 Å². The van der Waals surface area contributed by atoms with Gasteiger partial charge in [-0.2, -0.15) is 0 Å². The molecule has 2 fully saturated rings. The molecule has 2 rings (SSSR count). The van der Waals surface area contributed by atoms with Crippen molar-refractivity contribution in [2.45, 2.75) is 70.4 Å². The number of rotatable bonds is 6. The first-order valence-electron chi connectivity index (χ1n) is 8.54. The van der Waals surface area contributed by atoms with E-state index in [1.54, 1.807) is 0 Å². The number of hydrogen-bond acceptors (Lipinski definition) is 2. The highest BCUT2D eigenvalue weighted by molar-refractivity contribution is 5.80. The Kier molecular flexibility index (Phi) is 6.64. The summed E-state index contributed by atoms with van der Waals surface area (Å²) < 4.78 is 0. The Morgan fingerprint density at radius 1 is 1.10 bits per heavy atom. The van der Waals surface area contributed by atoms with Crippen molar-refractivity contribution in [1.82, 2.24) is 15.5 Å². The molecule has 0 atom stereocenters. The SMILES string of the molecule is CCNC(=NCCN(C)C1CCCC1)NC1CCCC1. The van der Waals surface area contributed by atoms with Gasteiger partial charge in [0.2, 0.25) is 0 Å². The van der Waals surface area contributed by atoms with Gasteiger partial charge in [-0.15, -0.1) is 0 Å². The maximum absolute atomic E-state index is 4.74. The fraction of sp³-hybridized carbons (Fsp3) is 0.938. The number of aliphatic imine (C=N–C) groups is 1. The van der Waals surface area contributed by atoms with Gasteiger partial charge in [-0.05, 0) is 39.7 Å². The van der Waals surface area contributed by atoms with E-state index in [0.717, 1.165) is 31.6 Å². The molecule has 0 amide bonds. The molecule has 0 saturated heterocycles. The molecule has 4 heteroatoms. The van der Waals surface area contributed by atoms with Crippen molar-refractivity contribution in [2.24, 2.45) is 4.99 Å². The molecule has 2 saturated carbocycles. The summed E-state index contributed by atoms with van der Waals surface area (Å²) in [6.45, 7) is 5.05. The summed E-state index contributed by atoms with van der Waals surface area (Å²) in [5.41, 5.74) is 0. The Balaban J connectivity index is 1.72. The molecular weight excluding hydrogens is 248 g/mol. The average molecular weight is 280 g/mol. The second-order valence-corrected chi connectivity index (χ2v) is 6.31. The lowest BCUT2D eigenvalue weighted by Crippen LogP contribution is -2.43. The van der Waals surface area contributed by atoms with Gasteiger partial charge in [0.25, 0.3) is 0 Å². The van der Waals surface area contributed by atoms with Gasteiger partial charge < -0.3 is 15.5 Å². The van der Waals surface area contributed by atoms with Gasteiger partial charge in [-0.3, -0.25) is 4.99 Å². The van der Waals surface area contributed by atoms with Crippen LogP contribution in [0, 0.1) is 0 Å². The number of nitrogens with zero attached hydrogens (tertiary/aromatic N) is 2. The van der Waals surface area contributed by atoms with Crippen LogP contribution in [0.25, 0.3) is 0 Å². The van der Waals surface area contributed by atoms with Crippen LogP contribution < -0.4 is 10.6 Å². The molecule has 0 radical (unpaired) electrons. The van der Waals surface area contributed by atoms with Gasteiger partial charge in [0.1, 0.15) is 0 Å². The third-order valence-corrected chi connectivity index (χ3v) is 4.71. The zero-order valence-corrected chi connectivity index (χ0v) is 13.3. The lowest BCUT2D eigenvalue weighted by molar-refractivity contribution is 0.252. The summed E-state index contributed by atoms with van der Waals surface area (Å²) in [5, 5.41) is 6.95. The van der Waals surface area contributed by atoms with E-state index >= 15 is 0 Å². The maximum Gasteiger partial charge on any atom is 0.191 e. The van der Waals surface area contributed by atoms with Crippen molar-refractivity contribution in [1.29, 1.82) is 0 Å². The average Bonchev–Trinajstić information content (AvgIpc) is 3.12. The molecule has 0 aromatic rings. The van der Waals surface area contributed by atoms with Crippen LogP contribution in [0.4, 0.5) is 0 Å². The summed E-state index contributed by atoms with van der Waals surface area (Å²) in [4.78, 5) is 7.24. The van der Waals surface area contributed by atoms with Crippen molar-refractivity contribution in [3.05, 3.63) is 0 Å². The molecule has 2 aliphatic rings. The molecular formula is C16H32N4. The molecule has 0 bridgehead atoms. The lowest BCUT2D eigenvalue weighted by atomic mass is 10.2. The molecule has 0 aromatic heterocycles. The summed E-state index contributed by atoms with van der Waals surface area (Å²) in [6, 6.07) is 1.44. The zero-order chi connectivity index (χ0) is 14.2. The quantitative estimate of drug-likeness (QED) is 0.579. The molecule has 0 unspecified atom stereocenters. The van der Waals surface area contributed by atoms with E-state index in [4.69, 9.17) is 4.99 Å². The zero-order valence-electron chi connectivity index (χ0n) is 13.3. The summed E-state index contributed by atoms with van der Waals surface area (Å²) in [5.74, 6) is 1.01. The van der Waals surface area contributed by atoms with Crippen molar-refractivity contribution in [3.8, 4) is 0 Å². The molecule has 20 heavy (non-hydrogen) atoms. The predicted molar refractivity (Wildman–Crippen MR) is 86.3 cm³/mol. The highest BCUT2D eigenvalue weighted by Gasteiger charge is 2.19. The number of hydrogen-bond donors (Lipinski definition) is 2. The third-order valence-electron chi connectivity index (χ3n) is 4.71. The Morgan fingerprint density at radius 3 is 2.40 bits per heavy atom. The minimum Gasteiger partial charge on any atom is -0.357 e.